The highest BCUT2D eigenvalue weighted by atomic mass is 16.6. The zero-order valence-electron chi connectivity index (χ0n) is 47.2. The van der Waals surface area contributed by atoms with Crippen LogP contribution >= 0.6 is 0 Å². The Morgan fingerprint density at radius 3 is 0.915 bits per heavy atom. The lowest BCUT2D eigenvalue weighted by molar-refractivity contribution is -0.166. The van der Waals surface area contributed by atoms with Gasteiger partial charge in [0.05, 0.1) is 0 Å². The third-order valence-electron chi connectivity index (χ3n) is 13.5. The Kier molecular flexibility index (Phi) is 57.2. The maximum absolute atomic E-state index is 12.7. The number of carbonyl (C=O) groups is 3. The van der Waals surface area contributed by atoms with Crippen molar-refractivity contribution < 1.29 is 28.6 Å². The minimum atomic E-state index is -0.806. The average Bonchev–Trinajstić information content (AvgIpc) is 3.37. The fourth-order valence-electron chi connectivity index (χ4n) is 8.92. The number of allylic oxidation sites excluding steroid dienone is 10. The van der Waals surface area contributed by atoms with E-state index in [0.29, 0.717) is 19.3 Å². The fraction of sp³-hybridized carbons (Fsp3) is 0.800. The first kappa shape index (κ1) is 68.1. The number of hydrogen-bond donors (Lipinski definition) is 0. The Labute approximate surface area is 440 Å². The molecule has 412 valence electrons. The predicted molar refractivity (Wildman–Crippen MR) is 307 cm³/mol. The molecule has 0 aromatic heterocycles. The van der Waals surface area contributed by atoms with E-state index in [0.717, 1.165) is 70.6 Å². The topological polar surface area (TPSA) is 78.9 Å². The van der Waals surface area contributed by atoms with E-state index in [-0.39, 0.29) is 37.5 Å². The van der Waals surface area contributed by atoms with Crippen molar-refractivity contribution in [3.8, 4) is 0 Å². The van der Waals surface area contributed by atoms with Gasteiger partial charge in [-0.3, -0.25) is 14.4 Å². The van der Waals surface area contributed by atoms with E-state index in [2.05, 4.69) is 69.4 Å². The second-order valence-electron chi connectivity index (χ2n) is 20.6. The van der Waals surface area contributed by atoms with E-state index in [1.165, 1.54) is 199 Å². The summed E-state index contributed by atoms with van der Waals surface area (Å²) in [7, 11) is 0. The minimum absolute atomic E-state index is 0.100. The molecule has 0 aliphatic rings. The van der Waals surface area contributed by atoms with Crippen molar-refractivity contribution in [2.45, 2.75) is 322 Å². The summed E-state index contributed by atoms with van der Waals surface area (Å²) in [6.45, 7) is 6.39. The molecule has 0 amide bonds. The van der Waals surface area contributed by atoms with Gasteiger partial charge < -0.3 is 14.2 Å². The smallest absolute Gasteiger partial charge is 0.306 e. The summed E-state index contributed by atoms with van der Waals surface area (Å²) in [6, 6.07) is 0. The van der Waals surface area contributed by atoms with Crippen LogP contribution in [0.5, 0.6) is 0 Å². The molecule has 0 saturated carbocycles. The molecule has 0 saturated heterocycles. The Balaban J connectivity index is 3.86. The lowest BCUT2D eigenvalue weighted by atomic mass is 10.0. The van der Waals surface area contributed by atoms with Gasteiger partial charge in [-0.1, -0.05) is 287 Å². The van der Waals surface area contributed by atoms with Crippen LogP contribution in [0.3, 0.4) is 0 Å². The van der Waals surface area contributed by atoms with Crippen LogP contribution in [0.25, 0.3) is 0 Å². The third kappa shape index (κ3) is 57.9. The molecule has 0 N–H and O–H groups in total. The second kappa shape index (κ2) is 59.7. The van der Waals surface area contributed by atoms with Gasteiger partial charge in [-0.15, -0.1) is 0 Å². The summed E-state index contributed by atoms with van der Waals surface area (Å²) in [5.74, 6) is -0.989. The number of unbranched alkanes of at least 4 members (excludes halogenated alkanes) is 35. The first-order chi connectivity index (χ1) is 35.0. The predicted octanol–water partition coefficient (Wildman–Crippen LogP) is 20.8. The van der Waals surface area contributed by atoms with Gasteiger partial charge in [0.2, 0.25) is 0 Å². The molecular weight excluding hydrogens is 877 g/mol. The van der Waals surface area contributed by atoms with Gasteiger partial charge in [-0.2, -0.15) is 0 Å². The molecule has 0 aromatic carbocycles. The number of hydrogen-bond acceptors (Lipinski definition) is 6. The number of carbonyl (C=O) groups excluding carboxylic acids is 3. The lowest BCUT2D eigenvalue weighted by Gasteiger charge is -2.18. The summed E-state index contributed by atoms with van der Waals surface area (Å²) < 4.78 is 16.6. The van der Waals surface area contributed by atoms with Crippen LogP contribution < -0.4 is 0 Å². The van der Waals surface area contributed by atoms with E-state index in [1.807, 2.05) is 12.2 Å². The zero-order valence-corrected chi connectivity index (χ0v) is 47.2. The monoisotopic (exact) mass is 993 g/mol. The van der Waals surface area contributed by atoms with Crippen LogP contribution in [-0.4, -0.2) is 37.2 Å². The standard InChI is InChI=1S/C65H116O6/c1-4-7-10-13-15-17-19-21-22-23-24-25-26-27-28-29-30-31-32-33-34-35-36-37-38-39-40-41-42-44-45-47-49-52-55-58-64(67)70-61-62(60-69-63(66)57-54-51-12-9-6-3)71-65(68)59-56-53-50-48-46-43-20-18-16-14-11-8-5-2/h8,11,16,18,23-24,43,46,50,53,62H,4-7,9-10,12-15,17,19-22,25-42,44-45,47-49,51-52,54-61H2,1-3H3/b11-8-,18-16-,24-23-,46-43-,53-50-. The number of rotatable bonds is 56. The Morgan fingerprint density at radius 1 is 0.296 bits per heavy atom. The molecule has 0 aliphatic heterocycles. The molecule has 1 unspecified atom stereocenters. The Bertz CT molecular complexity index is 1280. The van der Waals surface area contributed by atoms with Crippen molar-refractivity contribution in [2.24, 2.45) is 0 Å². The molecule has 0 spiro atoms. The summed E-state index contributed by atoms with van der Waals surface area (Å²) in [6.07, 6.45) is 76.2. The van der Waals surface area contributed by atoms with Gasteiger partial charge in [-0.25, -0.2) is 0 Å². The van der Waals surface area contributed by atoms with Crippen molar-refractivity contribution in [1.82, 2.24) is 0 Å². The van der Waals surface area contributed by atoms with Gasteiger partial charge in [0.25, 0.3) is 0 Å². The molecule has 0 radical (unpaired) electrons. The van der Waals surface area contributed by atoms with Crippen LogP contribution in [0.2, 0.25) is 0 Å². The van der Waals surface area contributed by atoms with Gasteiger partial charge in [0.1, 0.15) is 13.2 Å². The van der Waals surface area contributed by atoms with Gasteiger partial charge in [0.15, 0.2) is 6.10 Å². The average molecular weight is 994 g/mol. The van der Waals surface area contributed by atoms with Crippen LogP contribution in [0.4, 0.5) is 0 Å². The Hall–Kier alpha value is -2.89. The quantitative estimate of drug-likeness (QED) is 0.0261. The summed E-state index contributed by atoms with van der Waals surface area (Å²) in [4.78, 5) is 37.7. The molecule has 1 atom stereocenters. The van der Waals surface area contributed by atoms with Crippen LogP contribution in [-0.2, 0) is 28.6 Å². The van der Waals surface area contributed by atoms with Crippen LogP contribution in [0.15, 0.2) is 60.8 Å². The zero-order chi connectivity index (χ0) is 51.4. The number of ether oxygens (including phenoxy) is 3. The molecule has 0 aromatic rings. The molecule has 0 fully saturated rings. The molecule has 6 heteroatoms. The van der Waals surface area contributed by atoms with Crippen molar-refractivity contribution in [2.75, 3.05) is 13.2 Å². The molecule has 0 aliphatic carbocycles. The molecule has 0 heterocycles. The van der Waals surface area contributed by atoms with Crippen molar-refractivity contribution >= 4 is 17.9 Å². The molecule has 0 bridgehead atoms. The van der Waals surface area contributed by atoms with Crippen LogP contribution in [0.1, 0.15) is 316 Å². The van der Waals surface area contributed by atoms with E-state index in [9.17, 15) is 14.4 Å². The molecule has 0 rings (SSSR count). The minimum Gasteiger partial charge on any atom is -0.462 e. The summed E-state index contributed by atoms with van der Waals surface area (Å²) in [5.41, 5.74) is 0. The summed E-state index contributed by atoms with van der Waals surface area (Å²) >= 11 is 0. The van der Waals surface area contributed by atoms with Gasteiger partial charge in [-0.05, 0) is 70.6 Å². The number of esters is 3. The van der Waals surface area contributed by atoms with E-state index < -0.39 is 6.10 Å². The first-order valence-corrected chi connectivity index (χ1v) is 30.8. The van der Waals surface area contributed by atoms with Gasteiger partial charge in [0, 0.05) is 19.3 Å². The van der Waals surface area contributed by atoms with E-state index >= 15 is 0 Å². The SMILES string of the molecule is CC/C=C\C/C=C\C/C=C\C/C=C\CCC(=O)OC(COC(=O)CCCCCCC)COC(=O)CCCCCCCCCCCCCCCCCCCCCCCCC/C=C\CCCCCCCCCC. The molecule has 6 nitrogen and oxygen atoms in total. The third-order valence-corrected chi connectivity index (χ3v) is 13.5. The second-order valence-corrected chi connectivity index (χ2v) is 20.6. The van der Waals surface area contributed by atoms with E-state index in [4.69, 9.17) is 14.2 Å². The first-order valence-electron chi connectivity index (χ1n) is 30.8. The Morgan fingerprint density at radius 2 is 0.577 bits per heavy atom. The molecule has 71 heavy (non-hydrogen) atoms. The lowest BCUT2D eigenvalue weighted by Crippen LogP contribution is -2.30. The van der Waals surface area contributed by atoms with Crippen molar-refractivity contribution in [3.05, 3.63) is 60.8 Å². The molecular formula is C65H116O6. The highest BCUT2D eigenvalue weighted by Crippen LogP contribution is 2.17. The normalized spacial score (nSPS) is 12.4. The van der Waals surface area contributed by atoms with Crippen molar-refractivity contribution in [3.63, 3.8) is 0 Å². The maximum Gasteiger partial charge on any atom is 0.306 e. The largest absolute Gasteiger partial charge is 0.462 e. The fourth-order valence-corrected chi connectivity index (χ4v) is 8.92. The van der Waals surface area contributed by atoms with E-state index in [1.54, 1.807) is 0 Å². The highest BCUT2D eigenvalue weighted by molar-refractivity contribution is 5.71. The van der Waals surface area contributed by atoms with Crippen LogP contribution in [0, 0.1) is 0 Å². The maximum atomic E-state index is 12.7. The van der Waals surface area contributed by atoms with Crippen molar-refractivity contribution in [1.29, 1.82) is 0 Å². The van der Waals surface area contributed by atoms with Gasteiger partial charge >= 0.3 is 17.9 Å². The summed E-state index contributed by atoms with van der Waals surface area (Å²) in [5, 5.41) is 0. The highest BCUT2D eigenvalue weighted by Gasteiger charge is 2.19.